The first-order valence-electron chi connectivity index (χ1n) is 8.51. The van der Waals surface area contributed by atoms with Crippen molar-refractivity contribution in [2.24, 2.45) is 0 Å². The minimum atomic E-state index is -0.156. The summed E-state index contributed by atoms with van der Waals surface area (Å²) in [6, 6.07) is 16.9. The zero-order valence-corrected chi connectivity index (χ0v) is 13.9. The molecular weight excluding hydrogens is 317 g/mol. The molecule has 25 heavy (non-hydrogen) atoms. The van der Waals surface area contributed by atoms with Crippen molar-refractivity contribution < 1.29 is 8.81 Å². The fraction of sp³-hybridized carbons (Fsp3) is 0.250. The lowest BCUT2D eigenvalue weighted by molar-refractivity contribution is 0.226. The predicted molar refractivity (Wildman–Crippen MR) is 95.8 cm³/mol. The second-order valence-corrected chi connectivity index (χ2v) is 6.20. The Kier molecular flexibility index (Phi) is 4.48. The summed E-state index contributed by atoms with van der Waals surface area (Å²) in [6.45, 7) is 3.99. The standard InChI is InChI=1S/C20H20FN3O/c21-17-8-4-5-9-18(17)24-12-10-23(11-13-24)15-20-22-14-19(25-20)16-6-2-1-3-7-16/h1-9,14H,10-13,15H2. The Labute approximate surface area is 146 Å². The average Bonchev–Trinajstić information content (AvgIpc) is 3.12. The molecule has 0 atom stereocenters. The highest BCUT2D eigenvalue weighted by Gasteiger charge is 2.20. The fourth-order valence-electron chi connectivity index (χ4n) is 3.17. The van der Waals surface area contributed by atoms with Crippen LogP contribution in [0.25, 0.3) is 11.3 Å². The quantitative estimate of drug-likeness (QED) is 0.725. The second-order valence-electron chi connectivity index (χ2n) is 6.20. The molecule has 1 saturated heterocycles. The summed E-state index contributed by atoms with van der Waals surface area (Å²) in [5, 5.41) is 0. The van der Waals surface area contributed by atoms with Crippen molar-refractivity contribution in [2.45, 2.75) is 6.54 Å². The van der Waals surface area contributed by atoms with Gasteiger partial charge in [-0.3, -0.25) is 4.90 Å². The number of anilines is 1. The van der Waals surface area contributed by atoms with Gasteiger partial charge in [0.15, 0.2) is 5.76 Å². The van der Waals surface area contributed by atoms with Gasteiger partial charge in [-0.15, -0.1) is 0 Å². The van der Waals surface area contributed by atoms with Crippen LogP contribution >= 0.6 is 0 Å². The van der Waals surface area contributed by atoms with E-state index in [1.165, 1.54) is 6.07 Å². The molecule has 2 heterocycles. The Bertz CT molecular complexity index is 826. The van der Waals surface area contributed by atoms with E-state index in [0.717, 1.165) is 43.4 Å². The number of nitrogens with zero attached hydrogens (tertiary/aromatic N) is 3. The molecule has 0 bridgehead atoms. The first-order valence-corrected chi connectivity index (χ1v) is 8.51. The van der Waals surface area contributed by atoms with Crippen molar-refractivity contribution in [1.82, 2.24) is 9.88 Å². The van der Waals surface area contributed by atoms with E-state index in [1.807, 2.05) is 42.5 Å². The molecule has 1 fully saturated rings. The molecule has 0 radical (unpaired) electrons. The molecule has 0 unspecified atom stereocenters. The van der Waals surface area contributed by atoms with E-state index < -0.39 is 0 Å². The molecule has 4 nitrogen and oxygen atoms in total. The number of oxazole rings is 1. The Balaban J connectivity index is 1.36. The van der Waals surface area contributed by atoms with Crippen LogP contribution in [0.15, 0.2) is 65.2 Å². The van der Waals surface area contributed by atoms with Crippen LogP contribution < -0.4 is 4.90 Å². The number of hydrogen-bond acceptors (Lipinski definition) is 4. The largest absolute Gasteiger partial charge is 0.439 e. The van der Waals surface area contributed by atoms with Crippen LogP contribution in [0.2, 0.25) is 0 Å². The Morgan fingerprint density at radius 1 is 0.920 bits per heavy atom. The van der Waals surface area contributed by atoms with Crippen LogP contribution in [0.1, 0.15) is 5.89 Å². The van der Waals surface area contributed by atoms with E-state index in [4.69, 9.17) is 4.42 Å². The van der Waals surface area contributed by atoms with E-state index in [0.29, 0.717) is 12.2 Å². The predicted octanol–water partition coefficient (Wildman–Crippen LogP) is 3.80. The number of aromatic nitrogens is 1. The van der Waals surface area contributed by atoms with Crippen LogP contribution in [-0.2, 0) is 6.54 Å². The number of rotatable bonds is 4. The van der Waals surface area contributed by atoms with Gasteiger partial charge in [0.1, 0.15) is 5.82 Å². The van der Waals surface area contributed by atoms with Crippen molar-refractivity contribution in [2.75, 3.05) is 31.1 Å². The molecule has 0 spiro atoms. The molecule has 2 aromatic carbocycles. The Hall–Kier alpha value is -2.66. The third-order valence-electron chi connectivity index (χ3n) is 4.54. The van der Waals surface area contributed by atoms with Gasteiger partial charge in [0.25, 0.3) is 0 Å². The zero-order chi connectivity index (χ0) is 17.1. The molecule has 5 heteroatoms. The third kappa shape index (κ3) is 3.56. The fourth-order valence-corrected chi connectivity index (χ4v) is 3.17. The average molecular weight is 337 g/mol. The van der Waals surface area contributed by atoms with Crippen LogP contribution in [0.4, 0.5) is 10.1 Å². The molecular formula is C20H20FN3O. The highest BCUT2D eigenvalue weighted by atomic mass is 19.1. The van der Waals surface area contributed by atoms with Gasteiger partial charge in [-0.05, 0) is 12.1 Å². The van der Waals surface area contributed by atoms with Gasteiger partial charge < -0.3 is 9.32 Å². The summed E-state index contributed by atoms with van der Waals surface area (Å²) in [5.41, 5.74) is 1.72. The van der Waals surface area contributed by atoms with Crippen LogP contribution in [0, 0.1) is 5.82 Å². The number of hydrogen-bond donors (Lipinski definition) is 0. The monoisotopic (exact) mass is 337 g/mol. The highest BCUT2D eigenvalue weighted by Crippen LogP contribution is 2.22. The molecule has 128 valence electrons. The highest BCUT2D eigenvalue weighted by molar-refractivity contribution is 5.55. The van der Waals surface area contributed by atoms with Crippen LogP contribution in [0.5, 0.6) is 0 Å². The second kappa shape index (κ2) is 7.07. The van der Waals surface area contributed by atoms with Crippen molar-refractivity contribution in [3.63, 3.8) is 0 Å². The van der Waals surface area contributed by atoms with Crippen LogP contribution in [0.3, 0.4) is 0 Å². The molecule has 0 saturated carbocycles. The molecule has 0 N–H and O–H groups in total. The van der Waals surface area contributed by atoms with Crippen molar-refractivity contribution in [3.8, 4) is 11.3 Å². The summed E-state index contributed by atoms with van der Waals surface area (Å²) in [4.78, 5) is 8.78. The van der Waals surface area contributed by atoms with Crippen molar-refractivity contribution >= 4 is 5.69 Å². The van der Waals surface area contributed by atoms with Crippen molar-refractivity contribution in [1.29, 1.82) is 0 Å². The first kappa shape index (κ1) is 15.8. The van der Waals surface area contributed by atoms with Gasteiger partial charge >= 0.3 is 0 Å². The van der Waals surface area contributed by atoms with Gasteiger partial charge in [-0.1, -0.05) is 42.5 Å². The SMILES string of the molecule is Fc1ccccc1N1CCN(Cc2ncc(-c3ccccc3)o2)CC1. The summed E-state index contributed by atoms with van der Waals surface area (Å²) < 4.78 is 19.8. The summed E-state index contributed by atoms with van der Waals surface area (Å²) in [5.74, 6) is 1.36. The lowest BCUT2D eigenvalue weighted by atomic mass is 10.2. The van der Waals surface area contributed by atoms with Crippen molar-refractivity contribution in [3.05, 3.63) is 72.5 Å². The molecule has 1 aliphatic heterocycles. The summed E-state index contributed by atoms with van der Waals surface area (Å²) >= 11 is 0. The topological polar surface area (TPSA) is 32.5 Å². The van der Waals surface area contributed by atoms with E-state index in [9.17, 15) is 4.39 Å². The summed E-state index contributed by atoms with van der Waals surface area (Å²) in [7, 11) is 0. The van der Waals surface area contributed by atoms with Gasteiger partial charge in [-0.25, -0.2) is 9.37 Å². The number of piperazine rings is 1. The maximum atomic E-state index is 13.9. The molecule has 1 aromatic heterocycles. The Morgan fingerprint density at radius 3 is 2.40 bits per heavy atom. The minimum Gasteiger partial charge on any atom is -0.439 e. The normalized spacial score (nSPS) is 15.5. The molecule has 0 amide bonds. The molecule has 4 rings (SSSR count). The van der Waals surface area contributed by atoms with E-state index in [2.05, 4.69) is 14.8 Å². The van der Waals surface area contributed by atoms with Crippen LogP contribution in [-0.4, -0.2) is 36.1 Å². The van der Waals surface area contributed by atoms with E-state index in [1.54, 1.807) is 12.3 Å². The maximum absolute atomic E-state index is 13.9. The van der Waals surface area contributed by atoms with Gasteiger partial charge in [0.2, 0.25) is 5.89 Å². The third-order valence-corrected chi connectivity index (χ3v) is 4.54. The number of para-hydroxylation sites is 1. The molecule has 1 aliphatic rings. The number of halogens is 1. The number of benzene rings is 2. The lowest BCUT2D eigenvalue weighted by Crippen LogP contribution is -2.46. The van der Waals surface area contributed by atoms with E-state index >= 15 is 0 Å². The first-order chi connectivity index (χ1) is 12.3. The smallest absolute Gasteiger partial charge is 0.209 e. The van der Waals surface area contributed by atoms with Gasteiger partial charge in [-0.2, -0.15) is 0 Å². The Morgan fingerprint density at radius 2 is 1.64 bits per heavy atom. The molecule has 3 aromatic rings. The maximum Gasteiger partial charge on any atom is 0.209 e. The summed E-state index contributed by atoms with van der Waals surface area (Å²) in [6.07, 6.45) is 1.78. The molecule has 0 aliphatic carbocycles. The van der Waals surface area contributed by atoms with E-state index in [-0.39, 0.29) is 5.82 Å². The van der Waals surface area contributed by atoms with Gasteiger partial charge in [0, 0.05) is 31.7 Å². The lowest BCUT2D eigenvalue weighted by Gasteiger charge is -2.35. The van der Waals surface area contributed by atoms with Gasteiger partial charge in [0.05, 0.1) is 18.4 Å². The minimum absolute atomic E-state index is 0.156. The zero-order valence-electron chi connectivity index (χ0n) is 13.9.